The van der Waals surface area contributed by atoms with Crippen molar-refractivity contribution in [2.75, 3.05) is 85.2 Å². The summed E-state index contributed by atoms with van der Waals surface area (Å²) in [4.78, 5) is 13.4. The van der Waals surface area contributed by atoms with Crippen LogP contribution in [0.1, 0.15) is 73.6 Å². The second-order valence-electron chi connectivity index (χ2n) is 19.4. The van der Waals surface area contributed by atoms with Gasteiger partial charge in [-0.05, 0) is 160 Å². The summed E-state index contributed by atoms with van der Waals surface area (Å²) in [5, 5.41) is 45.0. The Morgan fingerprint density at radius 2 is 1.07 bits per heavy atom. The van der Waals surface area contributed by atoms with Gasteiger partial charge in [0, 0.05) is 86.3 Å². The number of anilines is 1. The molecule has 8 rings (SSSR count). The smallest absolute Gasteiger partial charge is 0.182 e. The Labute approximate surface area is 423 Å². The van der Waals surface area contributed by atoms with Gasteiger partial charge in [-0.1, -0.05) is 0 Å². The molecule has 0 radical (unpaired) electrons. The average Bonchev–Trinajstić information content (AvgIpc) is 3.40. The lowest BCUT2D eigenvalue weighted by Gasteiger charge is -2.41. The van der Waals surface area contributed by atoms with Crippen LogP contribution in [0.25, 0.3) is 21.8 Å². The number of aliphatic hydroxyl groups is 4. The summed E-state index contributed by atoms with van der Waals surface area (Å²) in [5.74, 6) is -2.73. The number of aliphatic hydroxyl groups excluding tert-OH is 4. The molecule has 2 fully saturated rings. The number of rotatable bonds is 22. The highest BCUT2D eigenvalue weighted by Crippen LogP contribution is 2.39. The molecule has 0 spiro atoms. The standard InChI is InChI=1S/C28H34F3N3O3.C28H34F2N2O4/c1-37-21-4-5-25-23(15-21)22(19(17-35)16-33-25)3-2-6-28(18-36)7-10-34(11-8-28)12-9-32-26-14-20(29)13-24(30)27(26)31;1-35-23-4-5-27-26(16-23)25(20(18-33)17-31-27)3-2-6-28(19-34)7-9-32(10-8-28)11-12-36-24-14-21(29)13-22(30)15-24/h4-5,13-16,32,35-36H,2-3,6-12,17-18H2,1H3;4-5,13-17,33-34H,2-3,6-12,18-19H2,1H3. The van der Waals surface area contributed by atoms with Crippen LogP contribution >= 0.6 is 0 Å². The summed E-state index contributed by atoms with van der Waals surface area (Å²) >= 11 is 0. The molecule has 2 aliphatic rings. The van der Waals surface area contributed by atoms with E-state index in [4.69, 9.17) is 14.2 Å². The van der Waals surface area contributed by atoms with Crippen LogP contribution in [0.5, 0.6) is 17.2 Å². The third-order valence-corrected chi connectivity index (χ3v) is 14.9. The molecule has 0 amide bonds. The van der Waals surface area contributed by atoms with Gasteiger partial charge in [-0.15, -0.1) is 0 Å². The van der Waals surface area contributed by atoms with Gasteiger partial charge in [-0.25, -0.2) is 22.0 Å². The first-order valence-electron chi connectivity index (χ1n) is 25.1. The van der Waals surface area contributed by atoms with Crippen molar-refractivity contribution >= 4 is 27.5 Å². The quantitative estimate of drug-likeness (QED) is 0.0326. The molecular weight excluding hydrogens is 950 g/mol. The van der Waals surface area contributed by atoms with Crippen molar-refractivity contribution in [2.45, 2.75) is 77.4 Å². The maximum Gasteiger partial charge on any atom is 0.182 e. The molecule has 17 heteroatoms. The van der Waals surface area contributed by atoms with Crippen molar-refractivity contribution in [3.05, 3.63) is 130 Å². The fraction of sp³-hybridized carbons (Fsp3) is 0.464. The van der Waals surface area contributed by atoms with Gasteiger partial charge in [0.25, 0.3) is 0 Å². The molecule has 394 valence electrons. The van der Waals surface area contributed by atoms with E-state index in [1.807, 2.05) is 36.4 Å². The Morgan fingerprint density at radius 1 is 0.589 bits per heavy atom. The van der Waals surface area contributed by atoms with Crippen LogP contribution in [0.4, 0.5) is 27.6 Å². The number of hydrogen-bond donors (Lipinski definition) is 5. The van der Waals surface area contributed by atoms with E-state index in [2.05, 4.69) is 25.1 Å². The number of aryl methyl sites for hydroxylation is 2. The van der Waals surface area contributed by atoms with E-state index < -0.39 is 29.1 Å². The van der Waals surface area contributed by atoms with Crippen molar-refractivity contribution in [1.29, 1.82) is 0 Å². The number of piperidine rings is 2. The summed E-state index contributed by atoms with van der Waals surface area (Å²) in [5.41, 5.74) is 5.00. The second kappa shape index (κ2) is 26.0. The molecule has 6 aromatic rings. The Morgan fingerprint density at radius 3 is 1.53 bits per heavy atom. The Kier molecular flexibility index (Phi) is 19.6. The van der Waals surface area contributed by atoms with E-state index in [1.165, 1.54) is 12.1 Å². The van der Waals surface area contributed by atoms with Crippen LogP contribution < -0.4 is 19.5 Å². The zero-order valence-corrected chi connectivity index (χ0v) is 41.8. The third kappa shape index (κ3) is 14.3. The van der Waals surface area contributed by atoms with Gasteiger partial charge in [-0.2, -0.15) is 0 Å². The molecule has 0 saturated carbocycles. The van der Waals surface area contributed by atoms with E-state index >= 15 is 0 Å². The molecule has 0 bridgehead atoms. The summed E-state index contributed by atoms with van der Waals surface area (Å²) in [6.07, 6.45) is 11.9. The lowest BCUT2D eigenvalue weighted by Crippen LogP contribution is -2.43. The number of nitrogens with zero attached hydrogens (tertiary/aromatic N) is 4. The minimum Gasteiger partial charge on any atom is -0.497 e. The Balaban J connectivity index is 0.000000214. The first-order chi connectivity index (χ1) is 35.3. The zero-order chi connectivity index (χ0) is 52.0. The second-order valence-corrected chi connectivity index (χ2v) is 19.4. The molecule has 73 heavy (non-hydrogen) atoms. The van der Waals surface area contributed by atoms with Crippen molar-refractivity contribution in [1.82, 2.24) is 19.8 Å². The maximum atomic E-state index is 13.8. The van der Waals surface area contributed by atoms with Crippen LogP contribution in [0.15, 0.2) is 79.1 Å². The first kappa shape index (κ1) is 55.1. The predicted octanol–water partition coefficient (Wildman–Crippen LogP) is 9.15. The number of benzene rings is 4. The molecule has 5 N–H and O–H groups in total. The third-order valence-electron chi connectivity index (χ3n) is 14.9. The predicted molar refractivity (Wildman–Crippen MR) is 271 cm³/mol. The summed E-state index contributed by atoms with van der Waals surface area (Å²) in [6, 6.07) is 16.2. The number of ether oxygens (including phenoxy) is 3. The number of pyridine rings is 2. The van der Waals surface area contributed by atoms with E-state index in [1.54, 1.807) is 26.6 Å². The summed E-state index contributed by atoms with van der Waals surface area (Å²) in [7, 11) is 3.26. The highest BCUT2D eigenvalue weighted by Gasteiger charge is 2.35. The van der Waals surface area contributed by atoms with Crippen molar-refractivity contribution < 1.29 is 56.6 Å². The fourth-order valence-electron chi connectivity index (χ4n) is 10.3. The van der Waals surface area contributed by atoms with Crippen LogP contribution in [-0.2, 0) is 26.1 Å². The zero-order valence-electron chi connectivity index (χ0n) is 41.8. The minimum atomic E-state index is -1.21. The SMILES string of the molecule is COc1ccc2ncc(CO)c(CCCC3(CO)CCN(CCNc4cc(F)cc(F)c4F)CC3)c2c1.COc1ccc2ncc(CO)c(CCCC3(CO)CCN(CCOc4cc(F)cc(F)c4)CC3)c2c1. The number of aromatic nitrogens is 2. The fourth-order valence-corrected chi connectivity index (χ4v) is 10.3. The summed E-state index contributed by atoms with van der Waals surface area (Å²) < 4.78 is 83.6. The topological polar surface area (TPSA) is 153 Å². The molecule has 0 atom stereocenters. The number of nitrogens with one attached hydrogen (secondary N) is 1. The normalized spacial score (nSPS) is 15.8. The van der Waals surface area contributed by atoms with Crippen LogP contribution in [0.2, 0.25) is 0 Å². The number of fused-ring (bicyclic) bond motifs is 2. The van der Waals surface area contributed by atoms with Gasteiger partial charge < -0.3 is 44.9 Å². The molecule has 4 heterocycles. The van der Waals surface area contributed by atoms with Crippen LogP contribution in [0.3, 0.4) is 0 Å². The molecule has 0 unspecified atom stereocenters. The van der Waals surface area contributed by atoms with Gasteiger partial charge in [0.1, 0.15) is 41.3 Å². The van der Waals surface area contributed by atoms with E-state index in [9.17, 15) is 42.4 Å². The van der Waals surface area contributed by atoms with E-state index in [0.29, 0.717) is 32.3 Å². The largest absolute Gasteiger partial charge is 0.497 e. The molecule has 2 aromatic heterocycles. The first-order valence-corrected chi connectivity index (χ1v) is 25.1. The molecule has 0 aliphatic carbocycles. The number of halogens is 5. The number of hydrogen-bond acceptors (Lipinski definition) is 12. The Hall–Kier alpha value is -5.69. The molecule has 12 nitrogen and oxygen atoms in total. The van der Waals surface area contributed by atoms with Crippen LogP contribution in [0, 0.1) is 39.9 Å². The molecule has 4 aromatic carbocycles. The van der Waals surface area contributed by atoms with E-state index in [0.717, 1.165) is 158 Å². The van der Waals surface area contributed by atoms with Crippen molar-refractivity contribution in [3.63, 3.8) is 0 Å². The van der Waals surface area contributed by atoms with Gasteiger partial charge in [0.2, 0.25) is 0 Å². The highest BCUT2D eigenvalue weighted by atomic mass is 19.2. The van der Waals surface area contributed by atoms with Gasteiger partial charge in [0.15, 0.2) is 11.6 Å². The lowest BCUT2D eigenvalue weighted by atomic mass is 9.75. The number of likely N-dealkylation sites (tertiary alicyclic amines) is 2. The molecular formula is C56H68F5N5O7. The summed E-state index contributed by atoms with van der Waals surface area (Å²) in [6.45, 7) is 5.26. The van der Waals surface area contributed by atoms with Crippen LogP contribution in [-0.4, -0.2) is 120 Å². The lowest BCUT2D eigenvalue weighted by molar-refractivity contribution is 0.0316. The average molecular weight is 1020 g/mol. The van der Waals surface area contributed by atoms with E-state index in [-0.39, 0.29) is 48.7 Å². The van der Waals surface area contributed by atoms with Crippen molar-refractivity contribution in [2.24, 2.45) is 10.8 Å². The molecule has 2 aliphatic heterocycles. The van der Waals surface area contributed by atoms with Crippen molar-refractivity contribution in [3.8, 4) is 17.2 Å². The highest BCUT2D eigenvalue weighted by molar-refractivity contribution is 5.85. The monoisotopic (exact) mass is 1020 g/mol. The maximum absolute atomic E-state index is 13.8. The van der Waals surface area contributed by atoms with Gasteiger partial charge in [-0.3, -0.25) is 14.9 Å². The Bertz CT molecular complexity index is 2720. The minimum absolute atomic E-state index is 0.0695. The number of methoxy groups -OCH3 is 2. The molecule has 2 saturated heterocycles. The van der Waals surface area contributed by atoms with Gasteiger partial charge in [0.05, 0.1) is 44.2 Å². The van der Waals surface area contributed by atoms with Gasteiger partial charge >= 0.3 is 0 Å².